The molecular weight excluding hydrogens is 229 g/mol. The van der Waals surface area contributed by atoms with Gasteiger partial charge in [-0.05, 0) is 20.2 Å². The fraction of sp³-hybridized carbons (Fsp3) is 0.571. The topological polar surface area (TPSA) is 18.5 Å². The molecule has 1 atom stereocenters. The van der Waals surface area contributed by atoms with Crippen LogP contribution >= 0.6 is 0 Å². The fourth-order valence-electron chi connectivity index (χ4n) is 2.47. The maximum absolute atomic E-state index is 13.5. The Morgan fingerprint density at radius 1 is 1.44 bits per heavy atom. The van der Waals surface area contributed by atoms with Crippen molar-refractivity contribution in [2.24, 2.45) is 0 Å². The van der Waals surface area contributed by atoms with Crippen molar-refractivity contribution in [3.63, 3.8) is 0 Å². The zero-order valence-electron chi connectivity index (χ0n) is 11.2. The summed E-state index contributed by atoms with van der Waals surface area (Å²) in [6.07, 6.45) is 0. The molecule has 0 radical (unpaired) electrons. The normalized spacial score (nSPS) is 21.4. The molecule has 2 rings (SSSR count). The first-order valence-electron chi connectivity index (χ1n) is 6.49. The molecule has 100 valence electrons. The Hall–Kier alpha value is -0.970. The molecule has 0 amide bonds. The van der Waals surface area contributed by atoms with Gasteiger partial charge in [0.15, 0.2) is 0 Å². The van der Waals surface area contributed by atoms with Crippen molar-refractivity contribution < 1.29 is 4.39 Å². The lowest BCUT2D eigenvalue weighted by atomic mass is 10.1. The van der Waals surface area contributed by atoms with E-state index < -0.39 is 0 Å². The van der Waals surface area contributed by atoms with Crippen LogP contribution in [0.25, 0.3) is 0 Å². The second-order valence-electron chi connectivity index (χ2n) is 5.20. The summed E-state index contributed by atoms with van der Waals surface area (Å²) in [4.78, 5) is 4.51. The van der Waals surface area contributed by atoms with E-state index in [4.69, 9.17) is 0 Å². The summed E-state index contributed by atoms with van der Waals surface area (Å²) < 4.78 is 13.5. The van der Waals surface area contributed by atoms with Gasteiger partial charge in [0, 0.05) is 44.3 Å². The van der Waals surface area contributed by atoms with Crippen LogP contribution in [0.1, 0.15) is 5.56 Å². The summed E-state index contributed by atoms with van der Waals surface area (Å²) in [5, 5.41) is 3.50. The number of nitrogens with one attached hydrogen (secondary N) is 1. The number of benzene rings is 1. The van der Waals surface area contributed by atoms with Crippen LogP contribution in [0.15, 0.2) is 24.3 Å². The maximum Gasteiger partial charge on any atom is 0.127 e. The molecule has 1 saturated heterocycles. The minimum absolute atomic E-state index is 0.113. The minimum Gasteiger partial charge on any atom is -0.310 e. The van der Waals surface area contributed by atoms with E-state index in [9.17, 15) is 4.39 Å². The van der Waals surface area contributed by atoms with E-state index >= 15 is 0 Å². The van der Waals surface area contributed by atoms with E-state index in [0.29, 0.717) is 12.6 Å². The third-order valence-corrected chi connectivity index (χ3v) is 3.39. The molecular formula is C14H22FN3. The second kappa shape index (κ2) is 6.27. The highest BCUT2D eigenvalue weighted by atomic mass is 19.1. The van der Waals surface area contributed by atoms with Crippen molar-refractivity contribution in [1.82, 2.24) is 15.1 Å². The van der Waals surface area contributed by atoms with Gasteiger partial charge < -0.3 is 15.1 Å². The Labute approximate surface area is 109 Å². The molecule has 0 aliphatic carbocycles. The summed E-state index contributed by atoms with van der Waals surface area (Å²) in [5.74, 6) is -0.113. The SMILES string of the molecule is CN1CCNC(CN(C)Cc2ccccc2F)C1. The van der Waals surface area contributed by atoms with Gasteiger partial charge in [-0.3, -0.25) is 0 Å². The molecule has 0 bridgehead atoms. The molecule has 0 saturated carbocycles. The van der Waals surface area contributed by atoms with Crippen LogP contribution in [0.5, 0.6) is 0 Å². The number of nitrogens with zero attached hydrogens (tertiary/aromatic N) is 2. The Balaban J connectivity index is 1.85. The van der Waals surface area contributed by atoms with Crippen molar-refractivity contribution in [2.45, 2.75) is 12.6 Å². The van der Waals surface area contributed by atoms with Gasteiger partial charge in [0.2, 0.25) is 0 Å². The highest BCUT2D eigenvalue weighted by molar-refractivity contribution is 5.17. The second-order valence-corrected chi connectivity index (χ2v) is 5.20. The first-order chi connectivity index (χ1) is 8.65. The van der Waals surface area contributed by atoms with E-state index in [1.165, 1.54) is 6.07 Å². The number of hydrogen-bond acceptors (Lipinski definition) is 3. The molecule has 18 heavy (non-hydrogen) atoms. The lowest BCUT2D eigenvalue weighted by Crippen LogP contribution is -2.53. The molecule has 3 nitrogen and oxygen atoms in total. The molecule has 0 aromatic heterocycles. The Morgan fingerprint density at radius 2 is 2.22 bits per heavy atom. The predicted molar refractivity (Wildman–Crippen MR) is 72.0 cm³/mol. The smallest absolute Gasteiger partial charge is 0.127 e. The van der Waals surface area contributed by atoms with Gasteiger partial charge in [0.05, 0.1) is 0 Å². The minimum atomic E-state index is -0.113. The fourth-order valence-corrected chi connectivity index (χ4v) is 2.47. The van der Waals surface area contributed by atoms with Gasteiger partial charge in [-0.25, -0.2) is 4.39 Å². The molecule has 1 fully saturated rings. The molecule has 0 spiro atoms. The lowest BCUT2D eigenvalue weighted by Gasteiger charge is -2.33. The van der Waals surface area contributed by atoms with Crippen LogP contribution in [-0.2, 0) is 6.54 Å². The van der Waals surface area contributed by atoms with E-state index in [1.807, 2.05) is 19.2 Å². The van der Waals surface area contributed by atoms with Crippen molar-refractivity contribution in [3.05, 3.63) is 35.6 Å². The number of rotatable bonds is 4. The highest BCUT2D eigenvalue weighted by Crippen LogP contribution is 2.09. The molecule has 4 heteroatoms. The van der Waals surface area contributed by atoms with Crippen molar-refractivity contribution in [2.75, 3.05) is 40.3 Å². The molecule has 1 aliphatic heterocycles. The first-order valence-corrected chi connectivity index (χ1v) is 6.49. The molecule has 1 aliphatic rings. The highest BCUT2D eigenvalue weighted by Gasteiger charge is 2.18. The summed E-state index contributed by atoms with van der Waals surface area (Å²) in [5.41, 5.74) is 0.768. The average molecular weight is 251 g/mol. The zero-order valence-corrected chi connectivity index (χ0v) is 11.2. The van der Waals surface area contributed by atoms with E-state index in [2.05, 4.69) is 22.2 Å². The summed E-state index contributed by atoms with van der Waals surface area (Å²) in [6, 6.07) is 7.47. The number of likely N-dealkylation sites (N-methyl/N-ethyl adjacent to an activating group) is 2. The van der Waals surface area contributed by atoms with E-state index in [0.717, 1.165) is 31.7 Å². The number of piperazine rings is 1. The largest absolute Gasteiger partial charge is 0.310 e. The average Bonchev–Trinajstić information content (AvgIpc) is 2.32. The van der Waals surface area contributed by atoms with Crippen molar-refractivity contribution in [1.29, 1.82) is 0 Å². The van der Waals surface area contributed by atoms with Crippen LogP contribution < -0.4 is 5.32 Å². The third-order valence-electron chi connectivity index (χ3n) is 3.39. The molecule has 1 aromatic rings. The van der Waals surface area contributed by atoms with Gasteiger partial charge in [-0.15, -0.1) is 0 Å². The van der Waals surface area contributed by atoms with E-state index in [-0.39, 0.29) is 5.82 Å². The van der Waals surface area contributed by atoms with Crippen LogP contribution in [0, 0.1) is 5.82 Å². The molecule has 1 heterocycles. The molecule has 1 aromatic carbocycles. The predicted octanol–water partition coefficient (Wildman–Crippen LogP) is 1.16. The van der Waals surface area contributed by atoms with Crippen LogP contribution in [-0.4, -0.2) is 56.1 Å². The van der Waals surface area contributed by atoms with Gasteiger partial charge in [0.25, 0.3) is 0 Å². The Morgan fingerprint density at radius 3 is 2.94 bits per heavy atom. The lowest BCUT2D eigenvalue weighted by molar-refractivity contribution is 0.192. The standard InChI is InChI=1S/C14H22FN3/c1-17-8-7-16-13(10-17)11-18(2)9-12-5-3-4-6-14(12)15/h3-6,13,16H,7-11H2,1-2H3. The third kappa shape index (κ3) is 3.77. The summed E-state index contributed by atoms with van der Waals surface area (Å²) >= 11 is 0. The molecule has 1 unspecified atom stereocenters. The van der Waals surface area contributed by atoms with Gasteiger partial charge in [0.1, 0.15) is 5.82 Å². The maximum atomic E-state index is 13.5. The Bertz CT molecular complexity index is 383. The number of hydrogen-bond donors (Lipinski definition) is 1. The first kappa shape index (κ1) is 13.5. The van der Waals surface area contributed by atoms with Crippen LogP contribution in [0.2, 0.25) is 0 Å². The quantitative estimate of drug-likeness (QED) is 0.866. The van der Waals surface area contributed by atoms with Crippen LogP contribution in [0.3, 0.4) is 0 Å². The van der Waals surface area contributed by atoms with Gasteiger partial charge >= 0.3 is 0 Å². The van der Waals surface area contributed by atoms with Crippen molar-refractivity contribution >= 4 is 0 Å². The monoisotopic (exact) mass is 251 g/mol. The zero-order chi connectivity index (χ0) is 13.0. The van der Waals surface area contributed by atoms with Crippen LogP contribution in [0.4, 0.5) is 4.39 Å². The van der Waals surface area contributed by atoms with Crippen molar-refractivity contribution in [3.8, 4) is 0 Å². The molecule has 1 N–H and O–H groups in total. The number of halogens is 1. The summed E-state index contributed by atoms with van der Waals surface area (Å²) in [7, 11) is 4.19. The van der Waals surface area contributed by atoms with E-state index in [1.54, 1.807) is 6.07 Å². The van der Waals surface area contributed by atoms with Gasteiger partial charge in [-0.1, -0.05) is 18.2 Å². The Kier molecular flexibility index (Phi) is 4.69. The van der Waals surface area contributed by atoms with Gasteiger partial charge in [-0.2, -0.15) is 0 Å². The summed E-state index contributed by atoms with van der Waals surface area (Å²) in [6.45, 7) is 4.80.